The van der Waals surface area contributed by atoms with Crippen LogP contribution >= 0.6 is 11.6 Å². The number of hydrogen-bond donors (Lipinski definition) is 0. The lowest BCUT2D eigenvalue weighted by molar-refractivity contribution is -0.133. The summed E-state index contributed by atoms with van der Waals surface area (Å²) in [7, 11) is 0. The first-order valence-electron chi connectivity index (χ1n) is 6.58. The Kier molecular flexibility index (Phi) is 4.28. The minimum atomic E-state index is -0.449. The van der Waals surface area contributed by atoms with E-state index in [1.54, 1.807) is 6.92 Å². The van der Waals surface area contributed by atoms with Crippen LogP contribution in [0, 0.1) is 5.92 Å². The Morgan fingerprint density at radius 1 is 1.33 bits per heavy atom. The van der Waals surface area contributed by atoms with E-state index in [1.807, 2.05) is 23.1 Å². The molecule has 2 atom stereocenters. The van der Waals surface area contributed by atoms with Gasteiger partial charge in [0, 0.05) is 12.6 Å². The van der Waals surface area contributed by atoms with Crippen molar-refractivity contribution >= 4 is 17.5 Å². The fourth-order valence-corrected chi connectivity index (χ4v) is 2.39. The lowest BCUT2D eigenvalue weighted by atomic mass is 10.1. The summed E-state index contributed by atoms with van der Waals surface area (Å²) in [4.78, 5) is 14.2. The third-order valence-electron chi connectivity index (χ3n) is 3.61. The molecule has 2 nitrogen and oxygen atoms in total. The predicted molar refractivity (Wildman–Crippen MR) is 74.5 cm³/mol. The lowest BCUT2D eigenvalue weighted by Gasteiger charge is -2.30. The van der Waals surface area contributed by atoms with Gasteiger partial charge >= 0.3 is 0 Å². The number of carbonyl (C=O) groups excluding carboxylic acids is 1. The third kappa shape index (κ3) is 3.26. The number of rotatable bonds is 5. The van der Waals surface area contributed by atoms with Gasteiger partial charge in [-0.25, -0.2) is 0 Å². The lowest BCUT2D eigenvalue weighted by Crippen LogP contribution is -2.42. The molecule has 3 heteroatoms. The average Bonchev–Trinajstić information content (AvgIpc) is 3.19. The standard InChI is InChI=1S/C15H20ClNO/c1-11(16)15(18)17(12(2)14-8-9-14)10-13-6-4-3-5-7-13/h3-7,11-12,14H,8-10H2,1-2H3. The second kappa shape index (κ2) is 5.75. The maximum absolute atomic E-state index is 12.2. The molecule has 0 saturated heterocycles. The zero-order valence-electron chi connectivity index (χ0n) is 11.0. The molecule has 0 spiro atoms. The number of carbonyl (C=O) groups is 1. The predicted octanol–water partition coefficient (Wildman–Crippen LogP) is 3.44. The Morgan fingerprint density at radius 2 is 1.94 bits per heavy atom. The van der Waals surface area contributed by atoms with Crippen LogP contribution in [0.1, 0.15) is 32.3 Å². The summed E-state index contributed by atoms with van der Waals surface area (Å²) in [6.45, 7) is 4.55. The molecular formula is C15H20ClNO. The number of benzene rings is 1. The summed E-state index contributed by atoms with van der Waals surface area (Å²) in [5, 5.41) is -0.449. The van der Waals surface area contributed by atoms with Crippen LogP contribution in [0.3, 0.4) is 0 Å². The Morgan fingerprint density at radius 3 is 2.44 bits per heavy atom. The number of amides is 1. The van der Waals surface area contributed by atoms with Gasteiger partial charge in [-0.1, -0.05) is 30.3 Å². The van der Waals surface area contributed by atoms with Crippen LogP contribution in [-0.2, 0) is 11.3 Å². The van der Waals surface area contributed by atoms with Crippen molar-refractivity contribution in [2.75, 3.05) is 0 Å². The highest BCUT2D eigenvalue weighted by Crippen LogP contribution is 2.36. The molecule has 1 aromatic carbocycles. The minimum absolute atomic E-state index is 0.0416. The van der Waals surface area contributed by atoms with Crippen LogP contribution in [0.4, 0.5) is 0 Å². The van der Waals surface area contributed by atoms with Gasteiger partial charge in [-0.05, 0) is 38.2 Å². The van der Waals surface area contributed by atoms with E-state index in [0.717, 1.165) is 5.56 Å². The third-order valence-corrected chi connectivity index (χ3v) is 3.80. The molecule has 1 saturated carbocycles. The monoisotopic (exact) mass is 265 g/mol. The van der Waals surface area contributed by atoms with E-state index in [4.69, 9.17) is 11.6 Å². The van der Waals surface area contributed by atoms with Gasteiger partial charge in [-0.15, -0.1) is 11.6 Å². The van der Waals surface area contributed by atoms with Crippen LogP contribution in [0.2, 0.25) is 0 Å². The molecule has 0 bridgehead atoms. The van der Waals surface area contributed by atoms with Crippen molar-refractivity contribution in [3.8, 4) is 0 Å². The van der Waals surface area contributed by atoms with Gasteiger partial charge in [0.1, 0.15) is 5.38 Å². The fraction of sp³-hybridized carbons (Fsp3) is 0.533. The molecule has 2 rings (SSSR count). The van der Waals surface area contributed by atoms with Gasteiger partial charge in [0.2, 0.25) is 5.91 Å². The summed E-state index contributed by atoms with van der Waals surface area (Å²) in [6, 6.07) is 10.4. The van der Waals surface area contributed by atoms with Gasteiger partial charge < -0.3 is 4.90 Å². The van der Waals surface area contributed by atoms with Crippen molar-refractivity contribution in [3.63, 3.8) is 0 Å². The molecular weight excluding hydrogens is 246 g/mol. The first-order chi connectivity index (χ1) is 8.59. The molecule has 0 heterocycles. The fourth-order valence-electron chi connectivity index (χ4n) is 2.26. The van der Waals surface area contributed by atoms with Crippen LogP contribution in [0.15, 0.2) is 30.3 Å². The minimum Gasteiger partial charge on any atom is -0.334 e. The molecule has 0 N–H and O–H groups in total. The van der Waals surface area contributed by atoms with E-state index in [0.29, 0.717) is 18.5 Å². The summed E-state index contributed by atoms with van der Waals surface area (Å²) in [6.07, 6.45) is 2.47. The normalized spacial score (nSPS) is 18.2. The molecule has 1 amide bonds. The van der Waals surface area contributed by atoms with E-state index < -0.39 is 5.38 Å². The van der Waals surface area contributed by atoms with E-state index in [9.17, 15) is 4.79 Å². The van der Waals surface area contributed by atoms with Crippen LogP contribution in [0.25, 0.3) is 0 Å². The summed E-state index contributed by atoms with van der Waals surface area (Å²) in [5.74, 6) is 0.702. The first kappa shape index (κ1) is 13.4. The molecule has 1 fully saturated rings. The number of alkyl halides is 1. The van der Waals surface area contributed by atoms with Crippen LogP contribution in [-0.4, -0.2) is 22.2 Å². The van der Waals surface area contributed by atoms with Gasteiger partial charge in [0.25, 0.3) is 0 Å². The second-order valence-corrected chi connectivity index (χ2v) is 5.80. The highest BCUT2D eigenvalue weighted by molar-refractivity contribution is 6.30. The van der Waals surface area contributed by atoms with Crippen molar-refractivity contribution in [2.45, 2.75) is 44.7 Å². The van der Waals surface area contributed by atoms with Gasteiger partial charge in [-0.2, -0.15) is 0 Å². The Bertz CT molecular complexity index is 400. The SMILES string of the molecule is CC(Cl)C(=O)N(Cc1ccccc1)C(C)C1CC1. The van der Waals surface area contributed by atoms with Crippen molar-refractivity contribution < 1.29 is 4.79 Å². The van der Waals surface area contributed by atoms with E-state index in [2.05, 4.69) is 19.1 Å². The second-order valence-electron chi connectivity index (χ2n) is 5.15. The van der Waals surface area contributed by atoms with Gasteiger partial charge in [0.05, 0.1) is 0 Å². The Balaban J connectivity index is 2.11. The van der Waals surface area contributed by atoms with E-state index >= 15 is 0 Å². The van der Waals surface area contributed by atoms with Crippen molar-refractivity contribution in [1.29, 1.82) is 0 Å². The topological polar surface area (TPSA) is 20.3 Å². The molecule has 0 aliphatic heterocycles. The summed E-state index contributed by atoms with van der Waals surface area (Å²) < 4.78 is 0. The molecule has 1 aliphatic rings. The van der Waals surface area contributed by atoms with Gasteiger partial charge in [-0.3, -0.25) is 4.79 Å². The zero-order valence-corrected chi connectivity index (χ0v) is 11.7. The highest BCUT2D eigenvalue weighted by atomic mass is 35.5. The number of hydrogen-bond acceptors (Lipinski definition) is 1. The smallest absolute Gasteiger partial charge is 0.240 e. The quantitative estimate of drug-likeness (QED) is 0.747. The van der Waals surface area contributed by atoms with Crippen LogP contribution < -0.4 is 0 Å². The Hall–Kier alpha value is -1.02. The van der Waals surface area contributed by atoms with Gasteiger partial charge in [0.15, 0.2) is 0 Å². The molecule has 98 valence electrons. The zero-order chi connectivity index (χ0) is 13.1. The number of nitrogens with zero attached hydrogens (tertiary/aromatic N) is 1. The summed E-state index contributed by atoms with van der Waals surface area (Å²) >= 11 is 5.97. The highest BCUT2D eigenvalue weighted by Gasteiger charge is 2.35. The van der Waals surface area contributed by atoms with Crippen LogP contribution in [0.5, 0.6) is 0 Å². The average molecular weight is 266 g/mol. The number of halogens is 1. The Labute approximate surface area is 114 Å². The van der Waals surface area contributed by atoms with Crippen molar-refractivity contribution in [2.24, 2.45) is 5.92 Å². The van der Waals surface area contributed by atoms with E-state index in [-0.39, 0.29) is 5.91 Å². The molecule has 0 radical (unpaired) electrons. The molecule has 1 aromatic rings. The summed E-state index contributed by atoms with van der Waals surface area (Å²) in [5.41, 5.74) is 1.16. The molecule has 2 unspecified atom stereocenters. The molecule has 0 aromatic heterocycles. The molecule has 1 aliphatic carbocycles. The van der Waals surface area contributed by atoms with E-state index in [1.165, 1.54) is 12.8 Å². The largest absolute Gasteiger partial charge is 0.334 e. The van der Waals surface area contributed by atoms with Crippen molar-refractivity contribution in [1.82, 2.24) is 4.90 Å². The van der Waals surface area contributed by atoms with Crippen molar-refractivity contribution in [3.05, 3.63) is 35.9 Å². The maximum Gasteiger partial charge on any atom is 0.240 e. The first-order valence-corrected chi connectivity index (χ1v) is 7.01. The molecule has 18 heavy (non-hydrogen) atoms. The maximum atomic E-state index is 12.2.